The van der Waals surface area contributed by atoms with Gasteiger partial charge in [-0.2, -0.15) is 0 Å². The predicted octanol–water partition coefficient (Wildman–Crippen LogP) is 1.88. The minimum atomic E-state index is 0.0579. The van der Waals surface area contributed by atoms with Gasteiger partial charge in [0, 0.05) is 6.42 Å². The van der Waals surface area contributed by atoms with Gasteiger partial charge < -0.3 is 0 Å². The molecule has 0 N–H and O–H groups in total. The molecule has 0 saturated carbocycles. The van der Waals surface area contributed by atoms with Crippen LogP contribution in [0.1, 0.15) is 13.3 Å². The van der Waals surface area contributed by atoms with Crippen molar-refractivity contribution in [3.05, 3.63) is 11.9 Å². The Hall–Kier alpha value is -0.330. The van der Waals surface area contributed by atoms with E-state index in [0.29, 0.717) is 12.3 Å². The van der Waals surface area contributed by atoms with Crippen molar-refractivity contribution in [1.29, 1.82) is 0 Å². The highest BCUT2D eigenvalue weighted by molar-refractivity contribution is 5.07. The smallest absolute Gasteiger partial charge is 0.0968 e. The molecule has 0 radical (unpaired) electrons. The molecule has 0 aromatic rings. The van der Waals surface area contributed by atoms with Gasteiger partial charge in [0.2, 0.25) is 0 Å². The maximum atomic E-state index is 11.6. The molecule has 0 nitrogen and oxygen atoms in total. The SMILES string of the molecule is CC1C=C(F)C1. The van der Waals surface area contributed by atoms with Gasteiger partial charge in [-0.05, 0) is 12.0 Å². The first-order chi connectivity index (χ1) is 2.79. The molecule has 6 heavy (non-hydrogen) atoms. The summed E-state index contributed by atoms with van der Waals surface area (Å²) in [6, 6.07) is 0. The number of allylic oxidation sites excluding steroid dienone is 2. The first-order valence-corrected chi connectivity index (χ1v) is 2.15. The van der Waals surface area contributed by atoms with Crippen LogP contribution in [0.15, 0.2) is 11.9 Å². The molecule has 0 saturated heterocycles. The fraction of sp³-hybridized carbons (Fsp3) is 0.600. The molecule has 0 bridgehead atoms. The molecule has 1 aliphatic rings. The molecule has 0 amide bonds. The molecule has 1 aliphatic carbocycles. The third-order valence-corrected chi connectivity index (χ3v) is 0.982. The molecule has 0 aromatic heterocycles. The van der Waals surface area contributed by atoms with Gasteiger partial charge in [0.05, 0.1) is 5.83 Å². The second-order valence-corrected chi connectivity index (χ2v) is 1.79. The highest BCUT2D eigenvalue weighted by Crippen LogP contribution is 2.24. The van der Waals surface area contributed by atoms with Crippen LogP contribution < -0.4 is 0 Å². The Morgan fingerprint density at radius 3 is 2.50 bits per heavy atom. The molecule has 1 rings (SSSR count). The van der Waals surface area contributed by atoms with E-state index in [-0.39, 0.29) is 5.83 Å². The lowest BCUT2D eigenvalue weighted by atomic mass is 9.97. The summed E-state index contributed by atoms with van der Waals surface area (Å²) in [7, 11) is 0. The normalized spacial score (nSPS) is 31.7. The quantitative estimate of drug-likeness (QED) is 0.422. The van der Waals surface area contributed by atoms with Crippen molar-refractivity contribution in [2.45, 2.75) is 13.3 Å². The van der Waals surface area contributed by atoms with Crippen LogP contribution in [-0.4, -0.2) is 0 Å². The van der Waals surface area contributed by atoms with Crippen molar-refractivity contribution in [3.63, 3.8) is 0 Å². The number of halogens is 1. The summed E-state index contributed by atoms with van der Waals surface area (Å²) >= 11 is 0. The molecule has 0 spiro atoms. The Labute approximate surface area is 36.7 Å². The van der Waals surface area contributed by atoms with Crippen molar-refractivity contribution in [2.75, 3.05) is 0 Å². The van der Waals surface area contributed by atoms with E-state index in [4.69, 9.17) is 0 Å². The summed E-state index contributed by atoms with van der Waals surface area (Å²) in [5, 5.41) is 0. The van der Waals surface area contributed by atoms with E-state index < -0.39 is 0 Å². The summed E-state index contributed by atoms with van der Waals surface area (Å²) < 4.78 is 11.6. The lowest BCUT2D eigenvalue weighted by Crippen LogP contribution is -2.00. The second-order valence-electron chi connectivity index (χ2n) is 1.79. The highest BCUT2D eigenvalue weighted by Gasteiger charge is 2.11. The van der Waals surface area contributed by atoms with Crippen LogP contribution in [0.4, 0.5) is 4.39 Å². The van der Waals surface area contributed by atoms with Crippen LogP contribution in [0.5, 0.6) is 0 Å². The third kappa shape index (κ3) is 0.445. The Balaban J connectivity index is 2.46. The van der Waals surface area contributed by atoms with Crippen molar-refractivity contribution < 1.29 is 4.39 Å². The van der Waals surface area contributed by atoms with E-state index in [1.54, 1.807) is 6.08 Å². The van der Waals surface area contributed by atoms with Gasteiger partial charge in [0.1, 0.15) is 0 Å². The van der Waals surface area contributed by atoms with E-state index in [1.165, 1.54) is 0 Å². The van der Waals surface area contributed by atoms with Gasteiger partial charge in [-0.1, -0.05) is 6.92 Å². The molecule has 0 heterocycles. The zero-order valence-electron chi connectivity index (χ0n) is 3.74. The Bertz CT molecular complexity index is 83.9. The van der Waals surface area contributed by atoms with Gasteiger partial charge in [-0.3, -0.25) is 0 Å². The van der Waals surface area contributed by atoms with E-state index in [0.717, 1.165) is 0 Å². The molecule has 1 heteroatoms. The summed E-state index contributed by atoms with van der Waals surface area (Å²) in [5.74, 6) is 0.563. The monoisotopic (exact) mass is 86.1 g/mol. The van der Waals surface area contributed by atoms with Crippen LogP contribution >= 0.6 is 0 Å². The first kappa shape index (κ1) is 3.85. The zero-order valence-corrected chi connectivity index (χ0v) is 3.74. The van der Waals surface area contributed by atoms with Crippen molar-refractivity contribution in [3.8, 4) is 0 Å². The highest BCUT2D eigenvalue weighted by atomic mass is 19.1. The molecule has 0 aromatic carbocycles. The molecule has 1 unspecified atom stereocenters. The Kier molecular flexibility index (Phi) is 0.685. The average molecular weight is 86.1 g/mol. The van der Waals surface area contributed by atoms with Gasteiger partial charge in [0.25, 0.3) is 0 Å². The maximum Gasteiger partial charge on any atom is 0.0968 e. The molecule has 0 fully saturated rings. The minimum Gasteiger partial charge on any atom is -0.212 e. The average Bonchev–Trinajstić information content (AvgIpc) is 1.33. The summed E-state index contributed by atoms with van der Waals surface area (Å²) in [6.07, 6.45) is 2.31. The second kappa shape index (κ2) is 1.07. The number of rotatable bonds is 0. The van der Waals surface area contributed by atoms with Crippen molar-refractivity contribution >= 4 is 0 Å². The Morgan fingerprint density at radius 1 is 2.00 bits per heavy atom. The molecular formula is C5H7F. The van der Waals surface area contributed by atoms with Crippen LogP contribution in [0.3, 0.4) is 0 Å². The van der Waals surface area contributed by atoms with Crippen LogP contribution in [-0.2, 0) is 0 Å². The van der Waals surface area contributed by atoms with Crippen LogP contribution in [0.25, 0.3) is 0 Å². The van der Waals surface area contributed by atoms with Gasteiger partial charge in [-0.15, -0.1) is 0 Å². The van der Waals surface area contributed by atoms with E-state index in [9.17, 15) is 4.39 Å². The van der Waals surface area contributed by atoms with Crippen molar-refractivity contribution in [2.24, 2.45) is 5.92 Å². The molecule has 34 valence electrons. The van der Waals surface area contributed by atoms with E-state index >= 15 is 0 Å². The van der Waals surface area contributed by atoms with E-state index in [1.807, 2.05) is 6.92 Å². The van der Waals surface area contributed by atoms with Crippen LogP contribution in [0.2, 0.25) is 0 Å². The van der Waals surface area contributed by atoms with Gasteiger partial charge in [0.15, 0.2) is 0 Å². The first-order valence-electron chi connectivity index (χ1n) is 2.15. The van der Waals surface area contributed by atoms with Crippen molar-refractivity contribution in [1.82, 2.24) is 0 Å². The molecule has 0 aliphatic heterocycles. The largest absolute Gasteiger partial charge is 0.212 e. The van der Waals surface area contributed by atoms with Gasteiger partial charge >= 0.3 is 0 Å². The summed E-state index contributed by atoms with van der Waals surface area (Å²) in [6.45, 7) is 2.00. The number of hydrogen-bond acceptors (Lipinski definition) is 0. The zero-order chi connectivity index (χ0) is 4.57. The number of hydrogen-bond donors (Lipinski definition) is 0. The fourth-order valence-electron chi connectivity index (χ4n) is 0.583. The summed E-state index contributed by atoms with van der Waals surface area (Å²) in [5.41, 5.74) is 0. The third-order valence-electron chi connectivity index (χ3n) is 0.982. The fourth-order valence-corrected chi connectivity index (χ4v) is 0.583. The lowest BCUT2D eigenvalue weighted by Gasteiger charge is -2.12. The lowest BCUT2D eigenvalue weighted by molar-refractivity contribution is 0.473. The Morgan fingerprint density at radius 2 is 2.50 bits per heavy atom. The van der Waals surface area contributed by atoms with Crippen LogP contribution in [0, 0.1) is 5.92 Å². The molecule has 1 atom stereocenters. The van der Waals surface area contributed by atoms with Gasteiger partial charge in [-0.25, -0.2) is 4.39 Å². The topological polar surface area (TPSA) is 0 Å². The predicted molar refractivity (Wildman–Crippen MR) is 23.0 cm³/mol. The minimum absolute atomic E-state index is 0.0579. The maximum absolute atomic E-state index is 11.6. The molecular weight excluding hydrogens is 79.1 g/mol. The summed E-state index contributed by atoms with van der Waals surface area (Å²) in [4.78, 5) is 0. The van der Waals surface area contributed by atoms with E-state index in [2.05, 4.69) is 0 Å². The standard InChI is InChI=1S/C5H7F/c1-4-2-5(6)3-4/h2,4H,3H2,1H3.